The Bertz CT molecular complexity index is 339. The molecule has 2 unspecified atom stereocenters. The van der Waals surface area contributed by atoms with Gasteiger partial charge in [-0.3, -0.25) is 9.59 Å². The van der Waals surface area contributed by atoms with Crippen molar-refractivity contribution < 1.29 is 19.4 Å². The van der Waals surface area contributed by atoms with Crippen LogP contribution in [0.4, 0.5) is 0 Å². The standard InChI is InChI=1S/C12H19NO4S2/c14-10(5-9-7-18-3-4-19-9)13-12(6-11(15)16)1-2-17-8-12/h9H,1-8H2,(H,13,14)(H,15,16). The SMILES string of the molecule is O=C(O)CC1(NC(=O)CC2CSCCS2)CCOC1. The minimum atomic E-state index is -0.895. The van der Waals surface area contributed by atoms with E-state index in [1.165, 1.54) is 0 Å². The summed E-state index contributed by atoms with van der Waals surface area (Å²) in [6.07, 6.45) is 0.988. The fourth-order valence-electron chi connectivity index (χ4n) is 2.39. The van der Waals surface area contributed by atoms with Gasteiger partial charge in [0.05, 0.1) is 18.6 Å². The summed E-state index contributed by atoms with van der Waals surface area (Å²) < 4.78 is 5.26. The van der Waals surface area contributed by atoms with Gasteiger partial charge in [0.2, 0.25) is 5.91 Å². The fraction of sp³-hybridized carbons (Fsp3) is 0.833. The molecule has 0 aromatic heterocycles. The highest BCUT2D eigenvalue weighted by molar-refractivity contribution is 8.06. The second-order valence-electron chi connectivity index (χ2n) is 4.97. The van der Waals surface area contributed by atoms with Gasteiger partial charge < -0.3 is 15.2 Å². The molecule has 108 valence electrons. The first kappa shape index (κ1) is 15.0. The highest BCUT2D eigenvalue weighted by Crippen LogP contribution is 2.27. The number of carbonyl (C=O) groups is 2. The maximum absolute atomic E-state index is 12.1. The molecule has 0 aromatic carbocycles. The van der Waals surface area contributed by atoms with E-state index in [4.69, 9.17) is 9.84 Å². The highest BCUT2D eigenvalue weighted by atomic mass is 32.2. The molecule has 2 saturated heterocycles. The van der Waals surface area contributed by atoms with Crippen LogP contribution in [-0.4, -0.2) is 58.2 Å². The summed E-state index contributed by atoms with van der Waals surface area (Å²) in [7, 11) is 0. The Balaban J connectivity index is 1.86. The lowest BCUT2D eigenvalue weighted by atomic mass is 9.94. The molecule has 0 aromatic rings. The first-order valence-electron chi connectivity index (χ1n) is 6.40. The third kappa shape index (κ3) is 4.57. The smallest absolute Gasteiger partial charge is 0.305 e. The average Bonchev–Trinajstić information content (AvgIpc) is 2.77. The molecule has 1 amide bonds. The molecule has 0 radical (unpaired) electrons. The molecule has 2 N–H and O–H groups in total. The number of aliphatic carboxylic acids is 1. The quantitative estimate of drug-likeness (QED) is 0.788. The normalized spacial score (nSPS) is 31.1. The van der Waals surface area contributed by atoms with Crippen LogP contribution >= 0.6 is 23.5 Å². The van der Waals surface area contributed by atoms with Crippen LogP contribution in [0.25, 0.3) is 0 Å². The molecule has 2 aliphatic heterocycles. The van der Waals surface area contributed by atoms with Crippen molar-refractivity contribution in [2.45, 2.75) is 30.1 Å². The second kappa shape index (κ2) is 6.85. The summed E-state index contributed by atoms with van der Waals surface area (Å²) in [6, 6.07) is 0. The summed E-state index contributed by atoms with van der Waals surface area (Å²) in [5, 5.41) is 12.2. The van der Waals surface area contributed by atoms with E-state index in [9.17, 15) is 9.59 Å². The van der Waals surface area contributed by atoms with E-state index >= 15 is 0 Å². The second-order valence-corrected chi connectivity index (χ2v) is 7.53. The number of carboxylic acid groups (broad SMARTS) is 1. The number of carbonyl (C=O) groups excluding carboxylic acids is 1. The van der Waals surface area contributed by atoms with Crippen LogP contribution in [0.15, 0.2) is 0 Å². The summed E-state index contributed by atoms with van der Waals surface area (Å²) in [4.78, 5) is 23.0. The van der Waals surface area contributed by atoms with Crippen molar-refractivity contribution in [2.75, 3.05) is 30.5 Å². The van der Waals surface area contributed by atoms with Crippen molar-refractivity contribution in [3.63, 3.8) is 0 Å². The predicted molar refractivity (Wildman–Crippen MR) is 76.8 cm³/mol. The molecule has 2 atom stereocenters. The molecule has 19 heavy (non-hydrogen) atoms. The number of hydrogen-bond acceptors (Lipinski definition) is 5. The van der Waals surface area contributed by atoms with Gasteiger partial charge in [-0.05, 0) is 6.42 Å². The number of hydrogen-bond donors (Lipinski definition) is 2. The van der Waals surface area contributed by atoms with Crippen molar-refractivity contribution in [1.29, 1.82) is 0 Å². The topological polar surface area (TPSA) is 75.6 Å². The van der Waals surface area contributed by atoms with Gasteiger partial charge in [0, 0.05) is 35.5 Å². The molecular formula is C12H19NO4S2. The van der Waals surface area contributed by atoms with Crippen LogP contribution < -0.4 is 5.32 Å². The van der Waals surface area contributed by atoms with Crippen LogP contribution in [0.3, 0.4) is 0 Å². The Morgan fingerprint density at radius 1 is 1.42 bits per heavy atom. The highest BCUT2D eigenvalue weighted by Gasteiger charge is 2.38. The lowest BCUT2D eigenvalue weighted by molar-refractivity contribution is -0.139. The Kier molecular flexibility index (Phi) is 5.41. The first-order valence-corrected chi connectivity index (χ1v) is 8.60. The molecule has 0 spiro atoms. The number of carboxylic acids is 1. The summed E-state index contributed by atoms with van der Waals surface area (Å²) >= 11 is 3.71. The zero-order valence-electron chi connectivity index (χ0n) is 10.7. The first-order chi connectivity index (χ1) is 9.10. The maximum Gasteiger partial charge on any atom is 0.305 e. The summed E-state index contributed by atoms with van der Waals surface area (Å²) in [5.41, 5.74) is -0.699. The third-order valence-electron chi connectivity index (χ3n) is 3.30. The molecule has 2 rings (SSSR count). The number of amides is 1. The molecule has 7 heteroatoms. The van der Waals surface area contributed by atoms with Gasteiger partial charge in [-0.15, -0.1) is 0 Å². The van der Waals surface area contributed by atoms with Crippen LogP contribution in [0.5, 0.6) is 0 Å². The van der Waals surface area contributed by atoms with Crippen molar-refractivity contribution in [3.8, 4) is 0 Å². The van der Waals surface area contributed by atoms with Gasteiger partial charge in [-0.1, -0.05) is 0 Å². The van der Waals surface area contributed by atoms with E-state index in [1.54, 1.807) is 0 Å². The van der Waals surface area contributed by atoms with Crippen LogP contribution in [-0.2, 0) is 14.3 Å². The van der Waals surface area contributed by atoms with E-state index in [2.05, 4.69) is 5.32 Å². The molecule has 2 heterocycles. The number of rotatable bonds is 5. The van der Waals surface area contributed by atoms with Crippen molar-refractivity contribution in [2.24, 2.45) is 0 Å². The molecule has 0 bridgehead atoms. The van der Waals surface area contributed by atoms with Crippen molar-refractivity contribution in [1.82, 2.24) is 5.32 Å². The van der Waals surface area contributed by atoms with Crippen LogP contribution in [0.2, 0.25) is 0 Å². The third-order valence-corrected chi connectivity index (χ3v) is 6.14. The molecule has 0 aliphatic carbocycles. The Hall–Kier alpha value is -0.400. The van der Waals surface area contributed by atoms with E-state index in [0.29, 0.717) is 31.3 Å². The lowest BCUT2D eigenvalue weighted by Crippen LogP contribution is -2.51. The van der Waals surface area contributed by atoms with Gasteiger partial charge in [-0.25, -0.2) is 0 Å². The number of ether oxygens (including phenoxy) is 1. The number of thioether (sulfide) groups is 2. The zero-order chi connectivity index (χ0) is 13.7. The fourth-order valence-corrected chi connectivity index (χ4v) is 5.07. The molecule has 2 fully saturated rings. The molecule has 2 aliphatic rings. The largest absolute Gasteiger partial charge is 0.481 e. The predicted octanol–water partition coefficient (Wildman–Crippen LogP) is 0.975. The van der Waals surface area contributed by atoms with Gasteiger partial charge in [0.25, 0.3) is 0 Å². The van der Waals surface area contributed by atoms with Gasteiger partial charge in [0.1, 0.15) is 0 Å². The van der Waals surface area contributed by atoms with E-state index in [-0.39, 0.29) is 12.3 Å². The lowest BCUT2D eigenvalue weighted by Gasteiger charge is -2.28. The maximum atomic E-state index is 12.1. The minimum Gasteiger partial charge on any atom is -0.481 e. The minimum absolute atomic E-state index is 0.0493. The van der Waals surface area contributed by atoms with E-state index < -0.39 is 11.5 Å². The van der Waals surface area contributed by atoms with Gasteiger partial charge >= 0.3 is 5.97 Å². The molecule has 5 nitrogen and oxygen atoms in total. The van der Waals surface area contributed by atoms with Crippen LogP contribution in [0, 0.1) is 0 Å². The molecule has 0 saturated carbocycles. The van der Waals surface area contributed by atoms with Crippen molar-refractivity contribution in [3.05, 3.63) is 0 Å². The van der Waals surface area contributed by atoms with Gasteiger partial charge in [0.15, 0.2) is 0 Å². The van der Waals surface area contributed by atoms with Crippen molar-refractivity contribution >= 4 is 35.4 Å². The Morgan fingerprint density at radius 2 is 2.26 bits per heavy atom. The summed E-state index contributed by atoms with van der Waals surface area (Å²) in [6.45, 7) is 0.819. The Labute approximate surface area is 121 Å². The summed E-state index contributed by atoms with van der Waals surface area (Å²) in [5.74, 6) is 2.30. The van der Waals surface area contributed by atoms with E-state index in [1.807, 2.05) is 23.5 Å². The van der Waals surface area contributed by atoms with E-state index in [0.717, 1.165) is 17.3 Å². The average molecular weight is 305 g/mol. The van der Waals surface area contributed by atoms with Gasteiger partial charge in [-0.2, -0.15) is 23.5 Å². The van der Waals surface area contributed by atoms with Crippen LogP contribution in [0.1, 0.15) is 19.3 Å². The number of nitrogens with one attached hydrogen (secondary N) is 1. The monoisotopic (exact) mass is 305 g/mol. The Morgan fingerprint density at radius 3 is 2.84 bits per heavy atom. The molecular weight excluding hydrogens is 286 g/mol. The zero-order valence-corrected chi connectivity index (χ0v) is 12.4.